The first-order valence-corrected chi connectivity index (χ1v) is 8.77. The molecule has 0 bridgehead atoms. The van der Waals surface area contributed by atoms with Crippen molar-refractivity contribution in [2.24, 2.45) is 0 Å². The minimum absolute atomic E-state index is 0.0348. The van der Waals surface area contributed by atoms with Crippen molar-refractivity contribution in [1.82, 2.24) is 10.2 Å². The molecular weight excluding hydrogens is 397 g/mol. The van der Waals surface area contributed by atoms with Crippen LogP contribution in [-0.4, -0.2) is 32.7 Å². The zero-order valence-corrected chi connectivity index (χ0v) is 16.3. The first-order chi connectivity index (χ1) is 14.0. The van der Waals surface area contributed by atoms with E-state index in [1.165, 1.54) is 24.3 Å². The number of ether oxygens (including phenoxy) is 1. The number of aromatic amines is 1. The molecule has 11 heteroatoms. The van der Waals surface area contributed by atoms with E-state index in [1.54, 1.807) is 20.8 Å². The molecule has 3 aromatic rings. The highest BCUT2D eigenvalue weighted by atomic mass is 19.1. The number of rotatable bonds is 4. The summed E-state index contributed by atoms with van der Waals surface area (Å²) in [7, 11) is 0. The number of amides is 2. The summed E-state index contributed by atoms with van der Waals surface area (Å²) in [6.07, 6.45) is -0.787. The Kier molecular flexibility index (Phi) is 5.37. The minimum atomic E-state index is -0.787. The molecule has 1 heterocycles. The van der Waals surface area contributed by atoms with Gasteiger partial charge in [0, 0.05) is 17.5 Å². The number of halogens is 1. The number of aromatic nitrogens is 2. The number of nitro benzene ring substituents is 1. The molecule has 3 rings (SSSR count). The van der Waals surface area contributed by atoms with Crippen molar-refractivity contribution in [1.29, 1.82) is 0 Å². The first kappa shape index (κ1) is 20.7. The Hall–Kier alpha value is -4.02. The van der Waals surface area contributed by atoms with Crippen molar-refractivity contribution in [2.45, 2.75) is 26.4 Å². The van der Waals surface area contributed by atoms with E-state index in [4.69, 9.17) is 4.74 Å². The fourth-order valence-corrected chi connectivity index (χ4v) is 2.61. The van der Waals surface area contributed by atoms with Gasteiger partial charge in [0.15, 0.2) is 5.69 Å². The number of anilines is 2. The third-order valence-corrected chi connectivity index (χ3v) is 3.84. The normalized spacial score (nSPS) is 11.2. The molecule has 0 aliphatic carbocycles. The fraction of sp³-hybridized carbons (Fsp3) is 0.211. The summed E-state index contributed by atoms with van der Waals surface area (Å²) in [6.45, 7) is 5.05. The Morgan fingerprint density at radius 1 is 1.13 bits per heavy atom. The number of hydrogen-bond donors (Lipinski definition) is 3. The number of benzene rings is 2. The van der Waals surface area contributed by atoms with Crippen LogP contribution >= 0.6 is 0 Å². The zero-order chi connectivity index (χ0) is 22.1. The summed E-state index contributed by atoms with van der Waals surface area (Å²) in [5.74, 6) is -1.40. The van der Waals surface area contributed by atoms with Gasteiger partial charge in [-0.25, -0.2) is 9.18 Å². The lowest BCUT2D eigenvalue weighted by atomic mass is 10.1. The topological polar surface area (TPSA) is 139 Å². The second-order valence-corrected chi connectivity index (χ2v) is 7.33. The van der Waals surface area contributed by atoms with E-state index in [0.29, 0.717) is 5.52 Å². The van der Waals surface area contributed by atoms with Crippen molar-refractivity contribution in [3.05, 3.63) is 58.0 Å². The molecule has 0 aliphatic heterocycles. The van der Waals surface area contributed by atoms with Crippen LogP contribution in [0.2, 0.25) is 0 Å². The van der Waals surface area contributed by atoms with E-state index < -0.39 is 28.3 Å². The highest BCUT2D eigenvalue weighted by molar-refractivity contribution is 6.12. The lowest BCUT2D eigenvalue weighted by molar-refractivity contribution is -0.384. The molecule has 0 radical (unpaired) electrons. The van der Waals surface area contributed by atoms with Gasteiger partial charge < -0.3 is 10.1 Å². The van der Waals surface area contributed by atoms with Crippen LogP contribution in [0.1, 0.15) is 31.3 Å². The molecule has 0 saturated heterocycles. The molecule has 156 valence electrons. The Bertz CT molecular complexity index is 1150. The third-order valence-electron chi connectivity index (χ3n) is 3.84. The van der Waals surface area contributed by atoms with Crippen LogP contribution in [0.3, 0.4) is 0 Å². The summed E-state index contributed by atoms with van der Waals surface area (Å²) in [4.78, 5) is 35.2. The first-order valence-electron chi connectivity index (χ1n) is 8.77. The molecule has 2 aromatic carbocycles. The van der Waals surface area contributed by atoms with Gasteiger partial charge in [0.25, 0.3) is 11.6 Å². The van der Waals surface area contributed by atoms with Crippen LogP contribution in [0.5, 0.6) is 0 Å². The number of fused-ring (bicyclic) bond motifs is 1. The average molecular weight is 415 g/mol. The summed E-state index contributed by atoms with van der Waals surface area (Å²) in [5, 5.41) is 22.6. The van der Waals surface area contributed by atoms with Crippen molar-refractivity contribution in [3.8, 4) is 0 Å². The van der Waals surface area contributed by atoms with E-state index >= 15 is 0 Å². The van der Waals surface area contributed by atoms with Crippen molar-refractivity contribution >= 4 is 40.0 Å². The number of carbonyl (C=O) groups is 2. The van der Waals surface area contributed by atoms with Gasteiger partial charge in [0.2, 0.25) is 0 Å². The molecule has 0 atom stereocenters. The van der Waals surface area contributed by atoms with Crippen molar-refractivity contribution < 1.29 is 23.6 Å². The van der Waals surface area contributed by atoms with Gasteiger partial charge in [-0.1, -0.05) is 0 Å². The highest BCUT2D eigenvalue weighted by Crippen LogP contribution is 2.26. The largest absolute Gasteiger partial charge is 0.444 e. The molecule has 0 spiro atoms. The monoisotopic (exact) mass is 415 g/mol. The maximum Gasteiger partial charge on any atom is 0.412 e. The molecule has 30 heavy (non-hydrogen) atoms. The second-order valence-electron chi connectivity index (χ2n) is 7.33. The van der Waals surface area contributed by atoms with E-state index in [9.17, 15) is 24.1 Å². The van der Waals surface area contributed by atoms with Gasteiger partial charge >= 0.3 is 6.09 Å². The number of hydrogen-bond acceptors (Lipinski definition) is 6. The van der Waals surface area contributed by atoms with Crippen LogP contribution in [0.15, 0.2) is 36.4 Å². The Morgan fingerprint density at radius 2 is 1.87 bits per heavy atom. The predicted molar refractivity (Wildman–Crippen MR) is 107 cm³/mol. The molecule has 3 N–H and O–H groups in total. The summed E-state index contributed by atoms with van der Waals surface area (Å²) in [6, 6.07) is 7.30. The standard InChI is InChI=1S/C19H18FN5O5/c1-19(2,3)30-18(27)22-14-6-4-10(20)8-15(14)21-17(26)16-12-9-11(25(28)29)5-7-13(12)23-24-16/h4-9H,1-3H3,(H,21,26)(H,22,27)(H,23,24). The second kappa shape index (κ2) is 7.78. The molecule has 0 unspecified atom stereocenters. The quantitative estimate of drug-likeness (QED) is 0.431. The van der Waals surface area contributed by atoms with Gasteiger partial charge in [-0.3, -0.25) is 25.3 Å². The predicted octanol–water partition coefficient (Wildman–Crippen LogP) is 4.21. The maximum atomic E-state index is 13.8. The Labute approximate surface area is 169 Å². The SMILES string of the molecule is CC(C)(C)OC(=O)Nc1ccc(F)cc1NC(=O)c1n[nH]c2ccc([N+](=O)[O-])cc12. The summed E-state index contributed by atoms with van der Waals surface area (Å²) < 4.78 is 18.9. The summed E-state index contributed by atoms with van der Waals surface area (Å²) in [5.41, 5.74) is -0.609. The number of non-ortho nitro benzene ring substituents is 1. The molecule has 0 aliphatic rings. The highest BCUT2D eigenvalue weighted by Gasteiger charge is 2.21. The number of H-pyrrole nitrogens is 1. The molecule has 0 fully saturated rings. The van der Waals surface area contributed by atoms with E-state index in [0.717, 1.165) is 12.1 Å². The van der Waals surface area contributed by atoms with Gasteiger partial charge in [0.05, 0.1) is 21.8 Å². The van der Waals surface area contributed by atoms with Gasteiger partial charge in [-0.05, 0) is 45.0 Å². The number of nitrogens with one attached hydrogen (secondary N) is 3. The van der Waals surface area contributed by atoms with Crippen LogP contribution in [0.25, 0.3) is 10.9 Å². The zero-order valence-electron chi connectivity index (χ0n) is 16.3. The van der Waals surface area contributed by atoms with E-state index in [1.807, 2.05) is 0 Å². The van der Waals surface area contributed by atoms with Crippen molar-refractivity contribution in [3.63, 3.8) is 0 Å². The van der Waals surface area contributed by atoms with Crippen molar-refractivity contribution in [2.75, 3.05) is 10.6 Å². The molecule has 0 saturated carbocycles. The maximum absolute atomic E-state index is 13.8. The Balaban J connectivity index is 1.89. The molecular formula is C19H18FN5O5. The average Bonchev–Trinajstić information content (AvgIpc) is 3.05. The molecule has 10 nitrogen and oxygen atoms in total. The van der Waals surface area contributed by atoms with E-state index in [2.05, 4.69) is 20.8 Å². The lowest BCUT2D eigenvalue weighted by Crippen LogP contribution is -2.27. The Morgan fingerprint density at radius 3 is 2.53 bits per heavy atom. The van der Waals surface area contributed by atoms with Gasteiger partial charge in [0.1, 0.15) is 11.4 Å². The number of carbonyl (C=O) groups excluding carboxylic acids is 2. The molecule has 1 aromatic heterocycles. The molecule has 2 amide bonds. The lowest BCUT2D eigenvalue weighted by Gasteiger charge is -2.20. The van der Waals surface area contributed by atoms with Gasteiger partial charge in [-0.15, -0.1) is 0 Å². The van der Waals surface area contributed by atoms with Crippen LogP contribution in [-0.2, 0) is 4.74 Å². The number of nitrogens with zero attached hydrogens (tertiary/aromatic N) is 2. The third kappa shape index (κ3) is 4.69. The van der Waals surface area contributed by atoms with Crippen LogP contribution < -0.4 is 10.6 Å². The van der Waals surface area contributed by atoms with Gasteiger partial charge in [-0.2, -0.15) is 5.10 Å². The number of nitro groups is 1. The van der Waals surface area contributed by atoms with Crippen LogP contribution in [0, 0.1) is 15.9 Å². The minimum Gasteiger partial charge on any atom is -0.444 e. The summed E-state index contributed by atoms with van der Waals surface area (Å²) >= 11 is 0. The smallest absolute Gasteiger partial charge is 0.412 e. The van der Waals surface area contributed by atoms with Crippen LogP contribution in [0.4, 0.5) is 26.2 Å². The fourth-order valence-electron chi connectivity index (χ4n) is 2.61. The van der Waals surface area contributed by atoms with E-state index in [-0.39, 0.29) is 28.1 Å².